The molecule has 0 unspecified atom stereocenters. The van der Waals surface area contributed by atoms with Crippen molar-refractivity contribution in [1.82, 2.24) is 14.5 Å². The Morgan fingerprint density at radius 3 is 2.69 bits per heavy atom. The van der Waals surface area contributed by atoms with Crippen LogP contribution < -0.4 is 10.6 Å². The molecule has 0 radical (unpaired) electrons. The molecule has 10 heteroatoms. The first-order valence-corrected chi connectivity index (χ1v) is 9.90. The number of aromatic nitrogens is 3. The summed E-state index contributed by atoms with van der Waals surface area (Å²) in [6, 6.07) is 14.9. The number of rotatable bonds is 7. The van der Waals surface area contributed by atoms with Crippen LogP contribution in [0.5, 0.6) is 0 Å². The minimum absolute atomic E-state index is 0.152. The van der Waals surface area contributed by atoms with Gasteiger partial charge in [-0.15, -0.1) is 0 Å². The van der Waals surface area contributed by atoms with Gasteiger partial charge in [0.15, 0.2) is 0 Å². The Hall–Kier alpha value is -4.24. The van der Waals surface area contributed by atoms with Crippen LogP contribution in [0.1, 0.15) is 15.9 Å². The summed E-state index contributed by atoms with van der Waals surface area (Å²) in [5, 5.41) is 17.8. The molecule has 2 N–H and O–H groups in total. The third-order valence-electron chi connectivity index (χ3n) is 4.66. The lowest BCUT2D eigenvalue weighted by atomic mass is 10.1. The average molecular weight is 449 g/mol. The number of hydrogen-bond donors (Lipinski definition) is 2. The molecule has 0 fully saturated rings. The zero-order valence-electron chi connectivity index (χ0n) is 16.6. The molecule has 0 aliphatic carbocycles. The zero-order chi connectivity index (χ0) is 22.5. The summed E-state index contributed by atoms with van der Waals surface area (Å²) in [5.41, 5.74) is 1.49. The van der Waals surface area contributed by atoms with Crippen LogP contribution in [0.25, 0.3) is 5.82 Å². The number of nitrogens with zero attached hydrogens (tertiary/aromatic N) is 4. The second-order valence-electron chi connectivity index (χ2n) is 6.76. The van der Waals surface area contributed by atoms with Crippen molar-refractivity contribution in [3.63, 3.8) is 0 Å². The second kappa shape index (κ2) is 9.27. The van der Waals surface area contributed by atoms with Gasteiger partial charge in [0.1, 0.15) is 17.8 Å². The molecule has 0 saturated carbocycles. The van der Waals surface area contributed by atoms with Crippen LogP contribution in [0.4, 0.5) is 17.1 Å². The highest BCUT2D eigenvalue weighted by atomic mass is 35.5. The number of nitrogens with one attached hydrogen (secondary N) is 2. The van der Waals surface area contributed by atoms with E-state index in [0.717, 1.165) is 5.56 Å². The maximum Gasteiger partial charge on any atom is 0.293 e. The topological polar surface area (TPSA) is 115 Å². The summed E-state index contributed by atoms with van der Waals surface area (Å²) in [6.45, 7) is 0.307. The fourth-order valence-electron chi connectivity index (χ4n) is 3.02. The van der Waals surface area contributed by atoms with Crippen molar-refractivity contribution in [2.45, 2.75) is 6.54 Å². The number of pyridine rings is 1. The van der Waals surface area contributed by atoms with Gasteiger partial charge in [-0.25, -0.2) is 9.97 Å². The van der Waals surface area contributed by atoms with Gasteiger partial charge < -0.3 is 10.6 Å². The lowest BCUT2D eigenvalue weighted by Gasteiger charge is -2.10. The largest absolute Gasteiger partial charge is 0.375 e. The van der Waals surface area contributed by atoms with E-state index in [4.69, 9.17) is 11.6 Å². The van der Waals surface area contributed by atoms with Crippen LogP contribution in [0.2, 0.25) is 5.02 Å². The monoisotopic (exact) mass is 448 g/mol. The molecule has 0 aliphatic rings. The average Bonchev–Trinajstić information content (AvgIpc) is 3.34. The molecule has 0 bridgehead atoms. The van der Waals surface area contributed by atoms with E-state index in [0.29, 0.717) is 23.1 Å². The minimum atomic E-state index is -0.535. The van der Waals surface area contributed by atoms with Crippen molar-refractivity contribution in [3.05, 3.63) is 106 Å². The summed E-state index contributed by atoms with van der Waals surface area (Å²) in [5.74, 6) is 0.160. The van der Waals surface area contributed by atoms with E-state index in [2.05, 4.69) is 20.6 Å². The standard InChI is InChI=1S/C22H17ClN6O3/c23-18-4-2-1-3-16(18)12-25-19-7-5-15(11-20(19)29(31)32)22(30)27-17-6-8-21(26-13-17)28-10-9-24-14-28/h1-11,13-14,25H,12H2,(H,27,30). The van der Waals surface area contributed by atoms with Crippen LogP contribution in [-0.4, -0.2) is 25.4 Å². The van der Waals surface area contributed by atoms with E-state index in [1.807, 2.05) is 18.2 Å². The molecule has 0 aliphatic heterocycles. The maximum absolute atomic E-state index is 12.6. The number of halogens is 1. The summed E-state index contributed by atoms with van der Waals surface area (Å²) < 4.78 is 1.73. The van der Waals surface area contributed by atoms with Gasteiger partial charge in [0.25, 0.3) is 11.6 Å². The van der Waals surface area contributed by atoms with Gasteiger partial charge >= 0.3 is 0 Å². The van der Waals surface area contributed by atoms with Crippen LogP contribution in [-0.2, 0) is 6.54 Å². The number of anilines is 2. The molecule has 32 heavy (non-hydrogen) atoms. The first-order chi connectivity index (χ1) is 15.5. The molecule has 9 nitrogen and oxygen atoms in total. The summed E-state index contributed by atoms with van der Waals surface area (Å²) in [7, 11) is 0. The molecule has 2 aromatic heterocycles. The number of hydrogen-bond acceptors (Lipinski definition) is 6. The Morgan fingerprint density at radius 2 is 2.00 bits per heavy atom. The molecule has 2 aromatic carbocycles. The van der Waals surface area contributed by atoms with Gasteiger partial charge in [0.2, 0.25) is 0 Å². The highest BCUT2D eigenvalue weighted by Crippen LogP contribution is 2.27. The van der Waals surface area contributed by atoms with E-state index < -0.39 is 10.8 Å². The highest BCUT2D eigenvalue weighted by molar-refractivity contribution is 6.31. The van der Waals surface area contributed by atoms with Crippen molar-refractivity contribution in [2.75, 3.05) is 10.6 Å². The van der Waals surface area contributed by atoms with Crippen molar-refractivity contribution in [1.29, 1.82) is 0 Å². The number of nitro benzene ring substituents is 1. The van der Waals surface area contributed by atoms with Gasteiger partial charge in [-0.1, -0.05) is 29.8 Å². The lowest BCUT2D eigenvalue weighted by Crippen LogP contribution is -2.13. The molecule has 0 saturated heterocycles. The van der Waals surface area contributed by atoms with Crippen LogP contribution >= 0.6 is 11.6 Å². The maximum atomic E-state index is 12.6. The fourth-order valence-corrected chi connectivity index (χ4v) is 3.22. The second-order valence-corrected chi connectivity index (χ2v) is 7.17. The number of benzene rings is 2. The Labute approximate surface area is 187 Å². The Bertz CT molecular complexity index is 1260. The first kappa shape index (κ1) is 21.0. The van der Waals surface area contributed by atoms with Crippen LogP contribution in [0.15, 0.2) is 79.5 Å². The molecule has 4 aromatic rings. The van der Waals surface area contributed by atoms with Gasteiger partial charge in [-0.05, 0) is 35.9 Å². The van der Waals surface area contributed by atoms with E-state index >= 15 is 0 Å². The molecule has 4 rings (SSSR count). The Balaban J connectivity index is 1.48. The van der Waals surface area contributed by atoms with Gasteiger partial charge in [0, 0.05) is 35.6 Å². The zero-order valence-corrected chi connectivity index (χ0v) is 17.4. The molecule has 0 atom stereocenters. The van der Waals surface area contributed by atoms with Crippen molar-refractivity contribution in [3.8, 4) is 5.82 Å². The van der Waals surface area contributed by atoms with Crippen LogP contribution in [0, 0.1) is 10.1 Å². The van der Waals surface area contributed by atoms with Gasteiger partial charge in [0.05, 0.1) is 16.8 Å². The smallest absolute Gasteiger partial charge is 0.293 e. The predicted molar refractivity (Wildman–Crippen MR) is 121 cm³/mol. The normalized spacial score (nSPS) is 10.5. The summed E-state index contributed by atoms with van der Waals surface area (Å²) in [6.07, 6.45) is 6.50. The van der Waals surface area contributed by atoms with E-state index in [-0.39, 0.29) is 16.9 Å². The predicted octanol–water partition coefficient (Wildman–Crippen LogP) is 4.69. The van der Waals surface area contributed by atoms with Crippen molar-refractivity contribution < 1.29 is 9.72 Å². The fraction of sp³-hybridized carbons (Fsp3) is 0.0455. The number of carbonyl (C=O) groups is 1. The Kier molecular flexibility index (Phi) is 6.09. The molecule has 1 amide bonds. The van der Waals surface area contributed by atoms with E-state index in [9.17, 15) is 14.9 Å². The van der Waals surface area contributed by atoms with Gasteiger partial charge in [-0.3, -0.25) is 19.5 Å². The number of nitro groups is 1. The number of amides is 1. The molecule has 0 spiro atoms. The SMILES string of the molecule is O=C(Nc1ccc(-n2ccnc2)nc1)c1ccc(NCc2ccccc2Cl)c([N+](=O)[O-])c1. The van der Waals surface area contributed by atoms with Crippen molar-refractivity contribution in [2.24, 2.45) is 0 Å². The van der Waals surface area contributed by atoms with E-state index in [1.54, 1.807) is 41.5 Å². The molecular weight excluding hydrogens is 432 g/mol. The van der Waals surface area contributed by atoms with E-state index in [1.165, 1.54) is 24.4 Å². The van der Waals surface area contributed by atoms with Crippen molar-refractivity contribution >= 4 is 34.6 Å². The number of carbonyl (C=O) groups excluding carboxylic acids is 1. The summed E-state index contributed by atoms with van der Waals surface area (Å²) >= 11 is 6.14. The van der Waals surface area contributed by atoms with Crippen LogP contribution in [0.3, 0.4) is 0 Å². The Morgan fingerprint density at radius 1 is 1.16 bits per heavy atom. The third kappa shape index (κ3) is 4.73. The summed E-state index contributed by atoms with van der Waals surface area (Å²) in [4.78, 5) is 31.9. The third-order valence-corrected chi connectivity index (χ3v) is 5.03. The molecule has 2 heterocycles. The highest BCUT2D eigenvalue weighted by Gasteiger charge is 2.18. The molecular formula is C22H17ClN6O3. The first-order valence-electron chi connectivity index (χ1n) is 9.53. The number of imidazole rings is 1. The van der Waals surface area contributed by atoms with Gasteiger partial charge in [-0.2, -0.15) is 0 Å². The quantitative estimate of drug-likeness (QED) is 0.313. The minimum Gasteiger partial charge on any atom is -0.375 e. The molecule has 160 valence electrons. The lowest BCUT2D eigenvalue weighted by molar-refractivity contribution is -0.384.